The van der Waals surface area contributed by atoms with Crippen LogP contribution in [0.5, 0.6) is 0 Å². The normalized spacial score (nSPS) is 26.2. The van der Waals surface area contributed by atoms with Crippen LogP contribution < -0.4 is 0 Å². The van der Waals surface area contributed by atoms with Gasteiger partial charge in [0.05, 0.1) is 13.2 Å². The monoisotopic (exact) mass is 477 g/mol. The zero-order chi connectivity index (χ0) is 23.3. The van der Waals surface area contributed by atoms with Crippen molar-refractivity contribution in [2.24, 2.45) is 0 Å². The molecule has 7 heteroatoms. The van der Waals surface area contributed by atoms with Crippen LogP contribution in [0.15, 0.2) is 95.9 Å². The van der Waals surface area contributed by atoms with Crippen molar-refractivity contribution in [1.29, 1.82) is 0 Å². The first kappa shape index (κ1) is 22.9. The minimum Gasteiger partial charge on any atom is -0.441 e. The van der Waals surface area contributed by atoms with Crippen molar-refractivity contribution < 1.29 is 24.1 Å². The summed E-state index contributed by atoms with van der Waals surface area (Å²) in [6, 6.07) is 29.1. The third-order valence-electron chi connectivity index (χ3n) is 6.06. The van der Waals surface area contributed by atoms with Gasteiger partial charge in [-0.05, 0) is 23.3 Å². The molecule has 176 valence electrons. The van der Waals surface area contributed by atoms with Gasteiger partial charge in [-0.3, -0.25) is 4.90 Å². The summed E-state index contributed by atoms with van der Waals surface area (Å²) in [6.07, 6.45) is -2.74. The molecule has 2 fully saturated rings. The maximum atomic E-state index is 12.9. The molecular weight excluding hydrogens is 450 g/mol. The maximum absolute atomic E-state index is 12.9. The second-order valence-electron chi connectivity index (χ2n) is 8.42. The third-order valence-corrected chi connectivity index (χ3v) is 7.22. The van der Waals surface area contributed by atoms with Gasteiger partial charge in [0.25, 0.3) is 0 Å². The summed E-state index contributed by atoms with van der Waals surface area (Å²) in [6.45, 7) is 0.997. The van der Waals surface area contributed by atoms with Gasteiger partial charge in [-0.1, -0.05) is 90.6 Å². The van der Waals surface area contributed by atoms with Crippen molar-refractivity contribution in [3.63, 3.8) is 0 Å². The molecule has 5 atom stereocenters. The van der Waals surface area contributed by atoms with E-state index >= 15 is 0 Å². The molecule has 0 unspecified atom stereocenters. The minimum absolute atomic E-state index is 0.196. The summed E-state index contributed by atoms with van der Waals surface area (Å²) in [4.78, 5) is 15.6. The van der Waals surface area contributed by atoms with E-state index in [1.54, 1.807) is 4.90 Å². The number of amides is 1. The van der Waals surface area contributed by atoms with E-state index in [1.165, 1.54) is 11.8 Å². The van der Waals surface area contributed by atoms with Crippen LogP contribution in [-0.2, 0) is 27.4 Å². The standard InChI is InChI=1S/C27H27NO5S/c29-24-22(18-31-17-20-12-6-2-7-13-20)32-26(34-21-14-8-3-9-15-21)23-25(24)33-27(30)28(23)16-19-10-4-1-5-11-19/h1-15,22-26,29H,16-18H2/t22-,23-,24-,25-,26+/m1/s1. The van der Waals surface area contributed by atoms with Gasteiger partial charge in [0.1, 0.15) is 23.7 Å². The molecule has 3 aromatic carbocycles. The van der Waals surface area contributed by atoms with Gasteiger partial charge in [0.2, 0.25) is 0 Å². The zero-order valence-electron chi connectivity index (χ0n) is 18.6. The SMILES string of the molecule is O=C1O[C@H]2[C@H](O)[C@@H](COCc3ccccc3)O[C@@H](Sc3ccccc3)[C@@H]2N1Cc1ccccc1. The number of aliphatic hydroxyl groups excluding tert-OH is 1. The Morgan fingerprint density at radius 3 is 2.18 bits per heavy atom. The number of aliphatic hydroxyl groups is 1. The molecule has 6 nitrogen and oxygen atoms in total. The second-order valence-corrected chi connectivity index (χ2v) is 9.59. The van der Waals surface area contributed by atoms with E-state index in [4.69, 9.17) is 14.2 Å². The Morgan fingerprint density at radius 1 is 0.882 bits per heavy atom. The molecule has 2 aliphatic heterocycles. The number of ether oxygens (including phenoxy) is 3. The fourth-order valence-electron chi connectivity index (χ4n) is 4.36. The van der Waals surface area contributed by atoms with Crippen LogP contribution in [0.3, 0.4) is 0 Å². The number of fused-ring (bicyclic) bond motifs is 1. The molecule has 0 saturated carbocycles. The first-order chi connectivity index (χ1) is 16.7. The van der Waals surface area contributed by atoms with Gasteiger partial charge in [-0.25, -0.2) is 4.79 Å². The van der Waals surface area contributed by atoms with Crippen molar-refractivity contribution in [1.82, 2.24) is 4.90 Å². The zero-order valence-corrected chi connectivity index (χ0v) is 19.4. The number of hydrogen-bond acceptors (Lipinski definition) is 6. The van der Waals surface area contributed by atoms with E-state index in [1.807, 2.05) is 91.0 Å². The highest BCUT2D eigenvalue weighted by molar-refractivity contribution is 7.99. The molecule has 1 N–H and O–H groups in total. The Morgan fingerprint density at radius 2 is 1.50 bits per heavy atom. The number of benzene rings is 3. The van der Waals surface area contributed by atoms with Crippen molar-refractivity contribution in [3.8, 4) is 0 Å². The third kappa shape index (κ3) is 5.13. The second kappa shape index (κ2) is 10.6. The van der Waals surface area contributed by atoms with Gasteiger partial charge in [-0.15, -0.1) is 0 Å². The molecule has 3 aromatic rings. The van der Waals surface area contributed by atoms with E-state index in [0.29, 0.717) is 13.2 Å². The number of thioether (sulfide) groups is 1. The topological polar surface area (TPSA) is 68.2 Å². The Bertz CT molecular complexity index is 1070. The van der Waals surface area contributed by atoms with Crippen molar-refractivity contribution in [2.75, 3.05) is 6.61 Å². The fraction of sp³-hybridized carbons (Fsp3) is 0.296. The lowest BCUT2D eigenvalue weighted by Crippen LogP contribution is -2.59. The van der Waals surface area contributed by atoms with E-state index in [9.17, 15) is 9.90 Å². The highest BCUT2D eigenvalue weighted by Gasteiger charge is 2.56. The van der Waals surface area contributed by atoms with Crippen LogP contribution in [0.1, 0.15) is 11.1 Å². The molecule has 0 aromatic heterocycles. The molecule has 34 heavy (non-hydrogen) atoms. The average molecular weight is 478 g/mol. The summed E-state index contributed by atoms with van der Waals surface area (Å²) in [5.41, 5.74) is 1.62. The fourth-order valence-corrected chi connectivity index (χ4v) is 5.58. The van der Waals surface area contributed by atoms with Crippen molar-refractivity contribution in [3.05, 3.63) is 102 Å². The first-order valence-corrected chi connectivity index (χ1v) is 12.2. The summed E-state index contributed by atoms with van der Waals surface area (Å²) in [7, 11) is 0. The lowest BCUT2D eigenvalue weighted by Gasteiger charge is -2.42. The molecule has 5 rings (SSSR count). The van der Waals surface area contributed by atoms with Gasteiger partial charge in [-0.2, -0.15) is 0 Å². The number of carbonyl (C=O) groups excluding carboxylic acids is 1. The largest absolute Gasteiger partial charge is 0.441 e. The average Bonchev–Trinajstić information content (AvgIpc) is 3.20. The predicted molar refractivity (Wildman–Crippen MR) is 129 cm³/mol. The van der Waals surface area contributed by atoms with E-state index in [2.05, 4.69) is 0 Å². The van der Waals surface area contributed by atoms with E-state index < -0.39 is 35.9 Å². The number of rotatable bonds is 8. The Hall–Kier alpha value is -2.84. The summed E-state index contributed by atoms with van der Waals surface area (Å²) in [5, 5.41) is 11.1. The molecule has 0 radical (unpaired) electrons. The van der Waals surface area contributed by atoms with Gasteiger partial charge in [0, 0.05) is 11.4 Å². The van der Waals surface area contributed by atoms with E-state index in [-0.39, 0.29) is 6.61 Å². The van der Waals surface area contributed by atoms with E-state index in [0.717, 1.165) is 16.0 Å². The molecular formula is C27H27NO5S. The van der Waals surface area contributed by atoms with Gasteiger partial charge < -0.3 is 19.3 Å². The van der Waals surface area contributed by atoms with Crippen LogP contribution in [-0.4, -0.2) is 52.5 Å². The molecule has 0 spiro atoms. The van der Waals surface area contributed by atoms with Gasteiger partial charge >= 0.3 is 6.09 Å². The van der Waals surface area contributed by atoms with Crippen LogP contribution in [0.25, 0.3) is 0 Å². The lowest BCUT2D eigenvalue weighted by molar-refractivity contribution is -0.169. The molecule has 2 heterocycles. The quantitative estimate of drug-likeness (QED) is 0.516. The molecule has 2 aliphatic rings. The first-order valence-electron chi connectivity index (χ1n) is 11.4. The Labute approximate surface area is 203 Å². The lowest BCUT2D eigenvalue weighted by atomic mass is 9.97. The smallest absolute Gasteiger partial charge is 0.411 e. The van der Waals surface area contributed by atoms with Crippen LogP contribution in [0.2, 0.25) is 0 Å². The van der Waals surface area contributed by atoms with Crippen molar-refractivity contribution >= 4 is 17.9 Å². The summed E-state index contributed by atoms with van der Waals surface area (Å²) in [5.74, 6) is 0. The van der Waals surface area contributed by atoms with Crippen molar-refractivity contribution in [2.45, 2.75) is 47.8 Å². The number of nitrogens with zero attached hydrogens (tertiary/aromatic N) is 1. The summed E-state index contributed by atoms with van der Waals surface area (Å²) < 4.78 is 18.0. The molecule has 1 amide bonds. The van der Waals surface area contributed by atoms with Crippen LogP contribution in [0.4, 0.5) is 4.79 Å². The Kier molecular flexibility index (Phi) is 7.16. The number of hydrogen-bond donors (Lipinski definition) is 1. The molecule has 0 aliphatic carbocycles. The molecule has 0 bridgehead atoms. The van der Waals surface area contributed by atoms with Crippen LogP contribution >= 0.6 is 11.8 Å². The van der Waals surface area contributed by atoms with Crippen LogP contribution in [0, 0.1) is 0 Å². The molecule has 2 saturated heterocycles. The predicted octanol–water partition coefficient (Wildman–Crippen LogP) is 4.47. The Balaban J connectivity index is 1.35. The minimum atomic E-state index is -0.988. The van der Waals surface area contributed by atoms with Gasteiger partial charge in [0.15, 0.2) is 6.10 Å². The summed E-state index contributed by atoms with van der Waals surface area (Å²) >= 11 is 1.53. The highest BCUT2D eigenvalue weighted by atomic mass is 32.2. The maximum Gasteiger partial charge on any atom is 0.411 e. The highest BCUT2D eigenvalue weighted by Crippen LogP contribution is 2.40. The number of carbonyl (C=O) groups is 1.